The fraction of sp³-hybridized carbons (Fsp3) is 0.500. The Morgan fingerprint density at radius 2 is 1.85 bits per heavy atom. The minimum absolute atomic E-state index is 0.749. The number of nitrogens with one attached hydrogen (secondary N) is 2. The van der Waals surface area contributed by atoms with Crippen molar-refractivity contribution >= 4 is 23.0 Å². The molecule has 2 aromatic rings. The number of aromatic nitrogens is 1. The molecule has 0 saturated carbocycles. The van der Waals surface area contributed by atoms with Gasteiger partial charge < -0.3 is 15.5 Å². The van der Waals surface area contributed by atoms with E-state index in [2.05, 4.69) is 84.6 Å². The molecule has 0 spiro atoms. The summed E-state index contributed by atoms with van der Waals surface area (Å²) in [6.45, 7) is 8.75. The molecule has 0 aliphatic carbocycles. The molecule has 0 radical (unpaired) electrons. The number of hydrogen-bond donors (Lipinski definition) is 2. The largest absolute Gasteiger partial charge is 0.378 e. The monoisotopic (exact) mass is 373 g/mol. The van der Waals surface area contributed by atoms with E-state index in [0.29, 0.717) is 0 Å². The highest BCUT2D eigenvalue weighted by Gasteiger charge is 2.04. The maximum atomic E-state index is 4.67. The van der Waals surface area contributed by atoms with Gasteiger partial charge >= 0.3 is 0 Å². The molecular formula is C20H31N5S. The third-order valence-corrected chi connectivity index (χ3v) is 5.30. The molecule has 0 bridgehead atoms. The number of aryl methyl sites for hydroxylation is 2. The molecule has 0 atom stereocenters. The van der Waals surface area contributed by atoms with Gasteiger partial charge in [-0.2, -0.15) is 0 Å². The summed E-state index contributed by atoms with van der Waals surface area (Å²) >= 11 is 1.77. The average molecular weight is 374 g/mol. The minimum atomic E-state index is 0.749. The number of nitrogens with zero attached hydrogens (tertiary/aromatic N) is 3. The minimum Gasteiger partial charge on any atom is -0.378 e. The Bertz CT molecular complexity index is 684. The fourth-order valence-electron chi connectivity index (χ4n) is 2.54. The number of rotatable bonds is 8. The first-order valence-electron chi connectivity index (χ1n) is 9.21. The van der Waals surface area contributed by atoms with Gasteiger partial charge in [0.2, 0.25) is 0 Å². The zero-order chi connectivity index (χ0) is 18.9. The summed E-state index contributed by atoms with van der Waals surface area (Å²) in [5.74, 6) is 0.877. The van der Waals surface area contributed by atoms with Crippen LogP contribution in [-0.4, -0.2) is 44.7 Å². The Morgan fingerprint density at radius 3 is 2.42 bits per heavy atom. The van der Waals surface area contributed by atoms with Gasteiger partial charge in [0.1, 0.15) is 0 Å². The van der Waals surface area contributed by atoms with Crippen molar-refractivity contribution in [2.45, 2.75) is 33.6 Å². The van der Waals surface area contributed by atoms with Crippen molar-refractivity contribution in [2.75, 3.05) is 38.6 Å². The van der Waals surface area contributed by atoms with E-state index in [-0.39, 0.29) is 0 Å². The molecule has 5 nitrogen and oxygen atoms in total. The molecule has 0 fully saturated rings. The number of thiazole rings is 1. The lowest BCUT2D eigenvalue weighted by atomic mass is 10.1. The van der Waals surface area contributed by atoms with Crippen LogP contribution < -0.4 is 15.5 Å². The van der Waals surface area contributed by atoms with Crippen molar-refractivity contribution in [1.29, 1.82) is 0 Å². The molecule has 0 saturated heterocycles. The van der Waals surface area contributed by atoms with Crippen LogP contribution in [0.1, 0.15) is 28.1 Å². The molecule has 0 amide bonds. The van der Waals surface area contributed by atoms with Crippen LogP contribution in [0.25, 0.3) is 0 Å². The lowest BCUT2D eigenvalue weighted by molar-refractivity contribution is 0.796. The Hall–Kier alpha value is -2.08. The third-order valence-electron chi connectivity index (χ3n) is 4.17. The number of hydrogen-bond acceptors (Lipinski definition) is 4. The molecule has 142 valence electrons. The van der Waals surface area contributed by atoms with E-state index in [0.717, 1.165) is 44.1 Å². The highest BCUT2D eigenvalue weighted by atomic mass is 32.1. The first-order valence-corrected chi connectivity index (χ1v) is 10.0. The Morgan fingerprint density at radius 1 is 1.12 bits per heavy atom. The zero-order valence-electron chi connectivity index (χ0n) is 16.6. The van der Waals surface area contributed by atoms with Gasteiger partial charge in [0.15, 0.2) is 5.96 Å². The van der Waals surface area contributed by atoms with Gasteiger partial charge in [-0.25, -0.2) is 4.98 Å². The molecular weight excluding hydrogens is 342 g/mol. The first kappa shape index (κ1) is 20.2. The lowest BCUT2D eigenvalue weighted by Crippen LogP contribution is -2.38. The van der Waals surface area contributed by atoms with Crippen LogP contribution in [0.4, 0.5) is 5.69 Å². The molecule has 2 rings (SSSR count). The smallest absolute Gasteiger partial charge is 0.191 e. The van der Waals surface area contributed by atoms with E-state index < -0.39 is 0 Å². The van der Waals surface area contributed by atoms with Gasteiger partial charge in [0, 0.05) is 50.7 Å². The van der Waals surface area contributed by atoms with E-state index in [1.165, 1.54) is 21.1 Å². The Labute approximate surface area is 161 Å². The van der Waals surface area contributed by atoms with Crippen molar-refractivity contribution in [3.8, 4) is 0 Å². The summed E-state index contributed by atoms with van der Waals surface area (Å²) in [4.78, 5) is 12.7. The second kappa shape index (κ2) is 10.2. The molecule has 1 aromatic carbocycles. The summed E-state index contributed by atoms with van der Waals surface area (Å²) in [5, 5.41) is 7.90. The van der Waals surface area contributed by atoms with Crippen molar-refractivity contribution in [1.82, 2.24) is 15.6 Å². The highest BCUT2D eigenvalue weighted by Crippen LogP contribution is 2.16. The normalized spacial score (nSPS) is 11.5. The number of aliphatic imine (C=N–C) groups is 1. The van der Waals surface area contributed by atoms with E-state index in [4.69, 9.17) is 0 Å². The summed E-state index contributed by atoms with van der Waals surface area (Å²) in [6.07, 6.45) is 1.87. The van der Waals surface area contributed by atoms with Crippen molar-refractivity contribution in [3.05, 3.63) is 45.4 Å². The fourth-order valence-corrected chi connectivity index (χ4v) is 3.46. The van der Waals surface area contributed by atoms with E-state index >= 15 is 0 Å². The molecule has 0 aliphatic rings. The number of guanidine groups is 1. The molecule has 1 heterocycles. The topological polar surface area (TPSA) is 52.6 Å². The molecule has 6 heteroatoms. The second-order valence-corrected chi connectivity index (χ2v) is 7.79. The van der Waals surface area contributed by atoms with Gasteiger partial charge in [-0.3, -0.25) is 4.99 Å². The van der Waals surface area contributed by atoms with Crippen LogP contribution >= 0.6 is 11.3 Å². The van der Waals surface area contributed by atoms with Gasteiger partial charge in [0.25, 0.3) is 0 Å². The van der Waals surface area contributed by atoms with Crippen molar-refractivity contribution < 1.29 is 0 Å². The summed E-state index contributed by atoms with van der Waals surface area (Å²) in [5.41, 5.74) is 3.69. The summed E-state index contributed by atoms with van der Waals surface area (Å²) < 4.78 is 0. The SMILES string of the molecule is CCNC(=NCCc1nc(C)c(C)s1)NCCc1ccc(N(C)C)cc1. The summed E-state index contributed by atoms with van der Waals surface area (Å²) in [7, 11) is 4.12. The van der Waals surface area contributed by atoms with Gasteiger partial charge in [-0.15, -0.1) is 11.3 Å². The van der Waals surface area contributed by atoms with E-state index in [1.807, 2.05) is 0 Å². The van der Waals surface area contributed by atoms with Gasteiger partial charge in [-0.1, -0.05) is 12.1 Å². The third kappa shape index (κ3) is 6.33. The average Bonchev–Trinajstić information content (AvgIpc) is 2.93. The molecule has 0 aliphatic heterocycles. The quantitative estimate of drug-likeness (QED) is 0.551. The lowest BCUT2D eigenvalue weighted by Gasteiger charge is -2.13. The zero-order valence-corrected chi connectivity index (χ0v) is 17.4. The van der Waals surface area contributed by atoms with Crippen LogP contribution in [-0.2, 0) is 12.8 Å². The maximum absolute atomic E-state index is 4.67. The predicted octanol–water partition coefficient (Wildman–Crippen LogP) is 3.17. The van der Waals surface area contributed by atoms with E-state index in [9.17, 15) is 0 Å². The number of benzene rings is 1. The maximum Gasteiger partial charge on any atom is 0.191 e. The molecule has 1 aromatic heterocycles. The Kier molecular flexibility index (Phi) is 7.91. The standard InChI is InChI=1S/C20H31N5S/c1-6-21-20(23-14-12-19-24-15(2)16(3)26-19)22-13-11-17-7-9-18(10-8-17)25(4)5/h7-10H,6,11-14H2,1-5H3,(H2,21,22,23). The van der Waals surface area contributed by atoms with Crippen LogP contribution in [0.5, 0.6) is 0 Å². The first-order chi connectivity index (χ1) is 12.5. The second-order valence-electron chi connectivity index (χ2n) is 6.50. The van der Waals surface area contributed by atoms with Crippen molar-refractivity contribution in [2.24, 2.45) is 4.99 Å². The van der Waals surface area contributed by atoms with E-state index in [1.54, 1.807) is 11.3 Å². The van der Waals surface area contributed by atoms with Gasteiger partial charge in [0.05, 0.1) is 10.7 Å². The van der Waals surface area contributed by atoms with Gasteiger partial charge in [-0.05, 0) is 44.9 Å². The molecule has 2 N–H and O–H groups in total. The summed E-state index contributed by atoms with van der Waals surface area (Å²) in [6, 6.07) is 8.70. The molecule has 26 heavy (non-hydrogen) atoms. The van der Waals surface area contributed by atoms with Crippen molar-refractivity contribution in [3.63, 3.8) is 0 Å². The number of anilines is 1. The Balaban J connectivity index is 1.81. The molecule has 0 unspecified atom stereocenters. The predicted molar refractivity (Wildman–Crippen MR) is 114 cm³/mol. The highest BCUT2D eigenvalue weighted by molar-refractivity contribution is 7.11. The van der Waals surface area contributed by atoms with Crippen LogP contribution in [0.3, 0.4) is 0 Å². The van der Waals surface area contributed by atoms with Crippen LogP contribution in [0.2, 0.25) is 0 Å². The van der Waals surface area contributed by atoms with Crippen LogP contribution in [0.15, 0.2) is 29.3 Å². The van der Waals surface area contributed by atoms with Crippen LogP contribution in [0, 0.1) is 13.8 Å².